The molecule has 1 heterocycles. The maximum absolute atomic E-state index is 12.1. The van der Waals surface area contributed by atoms with Gasteiger partial charge in [0.25, 0.3) is 6.43 Å². The quantitative estimate of drug-likeness (QED) is 0.861. The Kier molecular flexibility index (Phi) is 3.59. The Bertz CT molecular complexity index is 528. The highest BCUT2D eigenvalue weighted by Gasteiger charge is 2.11. The van der Waals surface area contributed by atoms with Gasteiger partial charge in [-0.15, -0.1) is 0 Å². The molecular weight excluding hydrogens is 271 g/mol. The lowest BCUT2D eigenvalue weighted by atomic mass is 10.2. The number of rotatable bonds is 3. The van der Waals surface area contributed by atoms with Crippen molar-refractivity contribution >= 4 is 23.2 Å². The highest BCUT2D eigenvalue weighted by atomic mass is 35.5. The molecule has 0 amide bonds. The maximum Gasteiger partial charge on any atom is 0.258 e. The predicted octanol–water partition coefficient (Wildman–Crippen LogP) is 3.32. The highest BCUT2D eigenvalue weighted by Crippen LogP contribution is 2.27. The minimum absolute atomic E-state index is 0.243. The Hall–Kier alpha value is -1.20. The first-order chi connectivity index (χ1) is 8.06. The zero-order valence-electron chi connectivity index (χ0n) is 8.37. The minimum atomic E-state index is -2.50. The van der Waals surface area contributed by atoms with Crippen molar-refractivity contribution in [2.45, 2.75) is 13.0 Å². The monoisotopic (exact) mass is 276 g/mol. The minimum Gasteiger partial charge on any atom is -0.237 e. The Balaban J connectivity index is 2.30. The van der Waals surface area contributed by atoms with Crippen LogP contribution in [0, 0.1) is 6.33 Å². The van der Waals surface area contributed by atoms with Crippen LogP contribution in [0.15, 0.2) is 18.2 Å². The number of alkyl halides is 2. The van der Waals surface area contributed by atoms with E-state index in [9.17, 15) is 8.78 Å². The van der Waals surface area contributed by atoms with E-state index >= 15 is 0 Å². The van der Waals surface area contributed by atoms with Crippen LogP contribution in [0.2, 0.25) is 10.0 Å². The van der Waals surface area contributed by atoms with Gasteiger partial charge in [0.1, 0.15) is 6.54 Å². The van der Waals surface area contributed by atoms with Crippen molar-refractivity contribution in [3.63, 3.8) is 0 Å². The van der Waals surface area contributed by atoms with Gasteiger partial charge in [0.2, 0.25) is 0 Å². The van der Waals surface area contributed by atoms with E-state index in [2.05, 4.69) is 16.4 Å². The van der Waals surface area contributed by atoms with E-state index in [-0.39, 0.29) is 5.82 Å². The highest BCUT2D eigenvalue weighted by molar-refractivity contribution is 6.36. The van der Waals surface area contributed by atoms with Gasteiger partial charge < -0.3 is 0 Å². The van der Waals surface area contributed by atoms with Crippen molar-refractivity contribution < 1.29 is 8.78 Å². The van der Waals surface area contributed by atoms with Crippen molar-refractivity contribution in [3.05, 3.63) is 34.6 Å². The smallest absolute Gasteiger partial charge is 0.237 e. The fourth-order valence-corrected chi connectivity index (χ4v) is 1.75. The summed E-state index contributed by atoms with van der Waals surface area (Å²) in [5.41, 5.74) is 0.528. The number of nitrogens with zero attached hydrogens (tertiary/aromatic N) is 3. The molecule has 0 unspecified atom stereocenters. The molecule has 0 saturated carbocycles. The number of halogens is 4. The van der Waals surface area contributed by atoms with Crippen LogP contribution in [-0.2, 0) is 6.54 Å². The molecule has 0 aliphatic heterocycles. The van der Waals surface area contributed by atoms with Crippen LogP contribution < -0.4 is 0 Å². The molecule has 1 radical (unpaired) electrons. The van der Waals surface area contributed by atoms with Crippen LogP contribution in [0.5, 0.6) is 0 Å². The first kappa shape index (κ1) is 12.3. The Labute approximate surface area is 106 Å². The van der Waals surface area contributed by atoms with E-state index in [1.165, 1.54) is 6.07 Å². The predicted molar refractivity (Wildman–Crippen MR) is 60.3 cm³/mol. The van der Waals surface area contributed by atoms with E-state index < -0.39 is 13.0 Å². The number of hydrogen-bond donors (Lipinski definition) is 0. The van der Waals surface area contributed by atoms with Gasteiger partial charge in [-0.2, -0.15) is 5.10 Å². The van der Waals surface area contributed by atoms with E-state index in [0.29, 0.717) is 15.6 Å². The second-order valence-corrected chi connectivity index (χ2v) is 4.08. The SMILES string of the molecule is FC(F)Cn1[c]nc(-c2ccc(Cl)cc2Cl)n1. The third-order valence-electron chi connectivity index (χ3n) is 1.97. The summed E-state index contributed by atoms with van der Waals surface area (Å²) in [7, 11) is 0. The van der Waals surface area contributed by atoms with Crippen LogP contribution in [0.1, 0.15) is 0 Å². The molecule has 3 nitrogen and oxygen atoms in total. The lowest BCUT2D eigenvalue weighted by Gasteiger charge is -2.00. The Morgan fingerprint density at radius 2 is 2.12 bits per heavy atom. The van der Waals surface area contributed by atoms with Gasteiger partial charge in [0.05, 0.1) is 5.02 Å². The molecule has 17 heavy (non-hydrogen) atoms. The van der Waals surface area contributed by atoms with Crippen LogP contribution in [0.25, 0.3) is 11.4 Å². The molecule has 1 aromatic heterocycles. The van der Waals surface area contributed by atoms with Crippen molar-refractivity contribution in [3.8, 4) is 11.4 Å². The van der Waals surface area contributed by atoms with Crippen LogP contribution in [-0.4, -0.2) is 21.2 Å². The summed E-state index contributed by atoms with van der Waals surface area (Å²) in [6, 6.07) is 4.78. The van der Waals surface area contributed by atoms with Crippen molar-refractivity contribution in [2.24, 2.45) is 0 Å². The first-order valence-electron chi connectivity index (χ1n) is 4.62. The summed E-state index contributed by atoms with van der Waals surface area (Å²) in [4.78, 5) is 3.80. The summed E-state index contributed by atoms with van der Waals surface area (Å²) < 4.78 is 25.2. The topological polar surface area (TPSA) is 30.7 Å². The molecule has 0 bridgehead atoms. The van der Waals surface area contributed by atoms with Crippen molar-refractivity contribution in [1.29, 1.82) is 0 Å². The summed E-state index contributed by atoms with van der Waals surface area (Å²) >= 11 is 11.7. The molecule has 0 aliphatic carbocycles. The third kappa shape index (κ3) is 2.92. The summed E-state index contributed by atoms with van der Waals surface area (Å²) in [6.45, 7) is -0.543. The molecule has 0 saturated heterocycles. The molecule has 0 N–H and O–H groups in total. The van der Waals surface area contributed by atoms with Gasteiger partial charge in [0.15, 0.2) is 12.2 Å². The Morgan fingerprint density at radius 1 is 1.35 bits per heavy atom. The van der Waals surface area contributed by atoms with Crippen molar-refractivity contribution in [1.82, 2.24) is 14.8 Å². The van der Waals surface area contributed by atoms with Gasteiger partial charge in [-0.3, -0.25) is 0 Å². The Morgan fingerprint density at radius 3 is 2.76 bits per heavy atom. The van der Waals surface area contributed by atoms with Gasteiger partial charge >= 0.3 is 0 Å². The van der Waals surface area contributed by atoms with E-state index in [4.69, 9.17) is 23.2 Å². The fraction of sp³-hybridized carbons (Fsp3) is 0.200. The maximum atomic E-state index is 12.1. The molecule has 0 spiro atoms. The van der Waals surface area contributed by atoms with Crippen LogP contribution >= 0.6 is 23.2 Å². The molecule has 1 aromatic carbocycles. The lowest BCUT2D eigenvalue weighted by Crippen LogP contribution is -2.07. The molecule has 2 aromatic rings. The van der Waals surface area contributed by atoms with E-state index in [1.54, 1.807) is 12.1 Å². The standard InChI is InChI=1S/C10H6Cl2F2N3/c11-6-1-2-7(8(12)3-6)10-15-5-17(16-10)4-9(13)14/h1-3,9H,4H2. The molecule has 89 valence electrons. The zero-order chi connectivity index (χ0) is 12.4. The summed E-state index contributed by atoms with van der Waals surface area (Å²) in [5, 5.41) is 4.70. The van der Waals surface area contributed by atoms with E-state index in [1.807, 2.05) is 0 Å². The number of benzene rings is 1. The second kappa shape index (κ2) is 4.98. The van der Waals surface area contributed by atoms with E-state index in [0.717, 1.165) is 4.68 Å². The zero-order valence-corrected chi connectivity index (χ0v) is 9.88. The average Bonchev–Trinajstić information content (AvgIpc) is 2.65. The van der Waals surface area contributed by atoms with Crippen LogP contribution in [0.4, 0.5) is 8.78 Å². The summed E-state index contributed by atoms with van der Waals surface area (Å²) in [5.74, 6) is 0.243. The second-order valence-electron chi connectivity index (χ2n) is 3.23. The number of aromatic nitrogens is 3. The molecular formula is C10H6Cl2F2N3. The lowest BCUT2D eigenvalue weighted by molar-refractivity contribution is 0.121. The van der Waals surface area contributed by atoms with Gasteiger partial charge in [-0.05, 0) is 18.2 Å². The van der Waals surface area contributed by atoms with Crippen molar-refractivity contribution in [2.75, 3.05) is 0 Å². The first-order valence-corrected chi connectivity index (χ1v) is 5.38. The molecule has 0 aliphatic rings. The van der Waals surface area contributed by atoms with Gasteiger partial charge in [-0.25, -0.2) is 18.4 Å². The molecule has 0 fully saturated rings. The number of hydrogen-bond acceptors (Lipinski definition) is 2. The normalized spacial score (nSPS) is 11.1. The van der Waals surface area contributed by atoms with Gasteiger partial charge in [-0.1, -0.05) is 23.2 Å². The average molecular weight is 277 g/mol. The van der Waals surface area contributed by atoms with Crippen LogP contribution in [0.3, 0.4) is 0 Å². The molecule has 7 heteroatoms. The molecule has 2 rings (SSSR count). The van der Waals surface area contributed by atoms with Gasteiger partial charge in [0, 0.05) is 10.6 Å². The molecule has 0 atom stereocenters. The summed E-state index contributed by atoms with van der Waals surface area (Å²) in [6.07, 6.45) is -0.137. The third-order valence-corrected chi connectivity index (χ3v) is 2.52. The fourth-order valence-electron chi connectivity index (χ4n) is 1.26. The largest absolute Gasteiger partial charge is 0.258 e.